The van der Waals surface area contributed by atoms with Crippen molar-refractivity contribution in [1.82, 2.24) is 0 Å². The van der Waals surface area contributed by atoms with Gasteiger partial charge in [0.15, 0.2) is 6.10 Å². The molecular formula is C5H8O4. The van der Waals surface area contributed by atoms with Crippen molar-refractivity contribution in [2.75, 3.05) is 0 Å². The van der Waals surface area contributed by atoms with Gasteiger partial charge in [-0.05, 0) is 6.92 Å². The average molecular weight is 132 g/mol. The van der Waals surface area contributed by atoms with Gasteiger partial charge in [0.1, 0.15) is 5.78 Å². The highest BCUT2D eigenvalue weighted by Crippen LogP contribution is 1.91. The van der Waals surface area contributed by atoms with E-state index < -0.39 is 12.1 Å². The van der Waals surface area contributed by atoms with Crippen LogP contribution in [0.15, 0.2) is 0 Å². The topological polar surface area (TPSA) is 74.6 Å². The van der Waals surface area contributed by atoms with E-state index in [1.165, 1.54) is 6.92 Å². The minimum atomic E-state index is -1.54. The lowest BCUT2D eigenvalue weighted by Gasteiger charge is -1.98. The number of hydrogen-bond acceptors (Lipinski definition) is 3. The minimum absolute atomic E-state index is 0.310. The first kappa shape index (κ1) is 8.10. The van der Waals surface area contributed by atoms with Crippen molar-refractivity contribution in [3.8, 4) is 0 Å². The van der Waals surface area contributed by atoms with E-state index in [1.807, 2.05) is 0 Å². The van der Waals surface area contributed by atoms with Crippen LogP contribution in [0, 0.1) is 0 Å². The minimum Gasteiger partial charge on any atom is -0.479 e. The Kier molecular flexibility index (Phi) is 2.87. The molecular weight excluding hydrogens is 124 g/mol. The summed E-state index contributed by atoms with van der Waals surface area (Å²) >= 11 is 0. The molecule has 0 aromatic rings. The van der Waals surface area contributed by atoms with Gasteiger partial charge in [0.05, 0.1) is 0 Å². The van der Waals surface area contributed by atoms with Crippen LogP contribution in [0.5, 0.6) is 0 Å². The number of hydrogen-bond donors (Lipinski definition) is 2. The third kappa shape index (κ3) is 3.66. The molecule has 0 aromatic heterocycles. The molecule has 0 saturated heterocycles. The first-order valence-electron chi connectivity index (χ1n) is 2.44. The van der Waals surface area contributed by atoms with Crippen molar-refractivity contribution in [3.05, 3.63) is 0 Å². The van der Waals surface area contributed by atoms with Crippen molar-refractivity contribution in [2.24, 2.45) is 0 Å². The number of aliphatic carboxylic acids is 1. The number of carboxylic acids is 1. The lowest BCUT2D eigenvalue weighted by Crippen LogP contribution is -2.21. The predicted octanol–water partition coefficient (Wildman–Crippen LogP) is -0.589. The molecule has 0 aromatic carbocycles. The highest BCUT2D eigenvalue weighted by molar-refractivity contribution is 5.83. The molecule has 4 heteroatoms. The van der Waals surface area contributed by atoms with Crippen LogP contribution in [0.25, 0.3) is 0 Å². The Morgan fingerprint density at radius 3 is 2.11 bits per heavy atom. The van der Waals surface area contributed by atoms with Gasteiger partial charge in [0, 0.05) is 6.42 Å². The molecule has 0 spiro atoms. The summed E-state index contributed by atoms with van der Waals surface area (Å²) in [6.45, 7) is 1.23. The molecule has 0 heterocycles. The van der Waals surface area contributed by atoms with Crippen LogP contribution in [0.2, 0.25) is 0 Å². The summed E-state index contributed by atoms with van der Waals surface area (Å²) in [7, 11) is 0. The zero-order valence-electron chi connectivity index (χ0n) is 5.00. The fourth-order valence-corrected chi connectivity index (χ4v) is 0.360. The summed E-state index contributed by atoms with van der Waals surface area (Å²) in [6.07, 6.45) is -1.85. The van der Waals surface area contributed by atoms with E-state index in [0.717, 1.165) is 0 Å². The van der Waals surface area contributed by atoms with Gasteiger partial charge >= 0.3 is 5.97 Å². The molecule has 0 fully saturated rings. The molecule has 2 N–H and O–H groups in total. The van der Waals surface area contributed by atoms with Crippen LogP contribution in [0.1, 0.15) is 13.3 Å². The van der Waals surface area contributed by atoms with E-state index in [2.05, 4.69) is 0 Å². The van der Waals surface area contributed by atoms with Gasteiger partial charge in [-0.2, -0.15) is 0 Å². The van der Waals surface area contributed by atoms with E-state index in [1.54, 1.807) is 0 Å². The number of ketones is 1. The number of aliphatic hydroxyl groups is 1. The maximum absolute atomic E-state index is 10.1. The monoisotopic (exact) mass is 132 g/mol. The Labute approximate surface area is 52.1 Å². The second kappa shape index (κ2) is 3.19. The molecule has 0 saturated carbocycles. The largest absolute Gasteiger partial charge is 0.479 e. The van der Waals surface area contributed by atoms with Crippen LogP contribution >= 0.6 is 0 Å². The summed E-state index contributed by atoms with van der Waals surface area (Å²) < 4.78 is 0. The maximum Gasteiger partial charge on any atom is 0.332 e. The molecule has 4 nitrogen and oxygen atoms in total. The average Bonchev–Trinajstić information content (AvgIpc) is 1.63. The first-order valence-corrected chi connectivity index (χ1v) is 2.44. The third-order valence-electron chi connectivity index (χ3n) is 0.766. The zero-order valence-corrected chi connectivity index (χ0v) is 5.00. The Morgan fingerprint density at radius 1 is 1.56 bits per heavy atom. The standard InChI is InChI=1S/C5H8O4/c1-3(6)2-4(7)5(8)9/h4,7H,2H2,1H3,(H,8,9)/t4-/m1/s1. The molecule has 0 aliphatic carbocycles. The number of rotatable bonds is 3. The van der Waals surface area contributed by atoms with Crippen molar-refractivity contribution >= 4 is 11.8 Å². The van der Waals surface area contributed by atoms with Crippen LogP contribution in [0.3, 0.4) is 0 Å². The fraction of sp³-hybridized carbons (Fsp3) is 0.600. The molecule has 1 atom stereocenters. The summed E-state index contributed by atoms with van der Waals surface area (Å²) in [5.41, 5.74) is 0. The van der Waals surface area contributed by atoms with Gasteiger partial charge < -0.3 is 10.2 Å². The third-order valence-corrected chi connectivity index (χ3v) is 0.766. The fourth-order valence-electron chi connectivity index (χ4n) is 0.360. The quantitative estimate of drug-likeness (QED) is 0.538. The summed E-state index contributed by atoms with van der Waals surface area (Å²) in [6, 6.07) is 0. The highest BCUT2D eigenvalue weighted by atomic mass is 16.4. The van der Waals surface area contributed by atoms with Crippen LogP contribution in [-0.2, 0) is 9.59 Å². The van der Waals surface area contributed by atoms with Gasteiger partial charge in [-0.3, -0.25) is 4.79 Å². The van der Waals surface area contributed by atoms with E-state index in [0.29, 0.717) is 0 Å². The van der Waals surface area contributed by atoms with Gasteiger partial charge in [-0.1, -0.05) is 0 Å². The molecule has 0 unspecified atom stereocenters. The molecule has 0 aliphatic rings. The van der Waals surface area contributed by atoms with Gasteiger partial charge in [0.25, 0.3) is 0 Å². The SMILES string of the molecule is CC(=O)C[C@@H](O)C(=O)O. The van der Waals surface area contributed by atoms with Crippen molar-refractivity contribution < 1.29 is 19.8 Å². The molecule has 0 bridgehead atoms. The molecule has 0 aliphatic heterocycles. The molecule has 9 heavy (non-hydrogen) atoms. The van der Waals surface area contributed by atoms with Crippen LogP contribution in [0.4, 0.5) is 0 Å². The van der Waals surface area contributed by atoms with Gasteiger partial charge in [0.2, 0.25) is 0 Å². The molecule has 52 valence electrons. The Hall–Kier alpha value is -0.900. The lowest BCUT2D eigenvalue weighted by atomic mass is 10.2. The maximum atomic E-state index is 10.1. The van der Waals surface area contributed by atoms with Crippen LogP contribution < -0.4 is 0 Å². The number of carboxylic acid groups (broad SMARTS) is 1. The number of aliphatic hydroxyl groups excluding tert-OH is 1. The molecule has 0 rings (SSSR count). The van der Waals surface area contributed by atoms with Crippen molar-refractivity contribution in [2.45, 2.75) is 19.4 Å². The van der Waals surface area contributed by atoms with Crippen molar-refractivity contribution in [1.29, 1.82) is 0 Å². The zero-order chi connectivity index (χ0) is 7.44. The van der Waals surface area contributed by atoms with Crippen LogP contribution in [-0.4, -0.2) is 28.1 Å². The summed E-state index contributed by atoms with van der Waals surface area (Å²) in [5.74, 6) is -1.69. The number of carbonyl (C=O) groups is 2. The smallest absolute Gasteiger partial charge is 0.332 e. The predicted molar refractivity (Wildman–Crippen MR) is 28.9 cm³/mol. The van der Waals surface area contributed by atoms with E-state index in [9.17, 15) is 9.59 Å². The summed E-state index contributed by atoms with van der Waals surface area (Å²) in [4.78, 5) is 20.0. The Balaban J connectivity index is 3.63. The van der Waals surface area contributed by atoms with E-state index in [4.69, 9.17) is 10.2 Å². The number of Topliss-reactive ketones (excluding diaryl/α,β-unsaturated/α-hetero) is 1. The lowest BCUT2D eigenvalue weighted by molar-refractivity contribution is -0.148. The normalized spacial score (nSPS) is 12.7. The van der Waals surface area contributed by atoms with E-state index >= 15 is 0 Å². The Morgan fingerprint density at radius 2 is 2.00 bits per heavy atom. The van der Waals surface area contributed by atoms with E-state index in [-0.39, 0.29) is 12.2 Å². The Bertz CT molecular complexity index is 129. The summed E-state index contributed by atoms with van der Waals surface area (Å²) in [5, 5.41) is 16.5. The number of carbonyl (C=O) groups excluding carboxylic acids is 1. The highest BCUT2D eigenvalue weighted by Gasteiger charge is 2.14. The van der Waals surface area contributed by atoms with Gasteiger partial charge in [-0.15, -0.1) is 0 Å². The first-order chi connectivity index (χ1) is 4.04. The van der Waals surface area contributed by atoms with Crippen molar-refractivity contribution in [3.63, 3.8) is 0 Å². The molecule has 0 amide bonds. The molecule has 0 radical (unpaired) electrons. The second-order valence-electron chi connectivity index (χ2n) is 1.76. The second-order valence-corrected chi connectivity index (χ2v) is 1.76. The van der Waals surface area contributed by atoms with Gasteiger partial charge in [-0.25, -0.2) is 4.79 Å².